The predicted molar refractivity (Wildman–Crippen MR) is 69.6 cm³/mol. The largest absolute Gasteiger partial charge is 0.503 e. The van der Waals surface area contributed by atoms with Crippen LogP contribution in [0.15, 0.2) is 16.6 Å². The smallest absolute Gasteiger partial charge is 0.172 e. The molecule has 0 amide bonds. The zero-order valence-corrected chi connectivity index (χ0v) is 11.4. The highest BCUT2D eigenvalue weighted by Gasteiger charge is 2.19. The van der Waals surface area contributed by atoms with Gasteiger partial charge in [-0.25, -0.2) is 0 Å². The number of phenolic OH excluding ortho intramolecular Hbond substituents is 1. The van der Waals surface area contributed by atoms with Crippen LogP contribution in [0.3, 0.4) is 0 Å². The van der Waals surface area contributed by atoms with Gasteiger partial charge in [-0.2, -0.15) is 0 Å². The van der Waals surface area contributed by atoms with Crippen molar-refractivity contribution in [2.45, 2.75) is 18.9 Å². The van der Waals surface area contributed by atoms with Gasteiger partial charge in [0.15, 0.2) is 11.5 Å². The van der Waals surface area contributed by atoms with Crippen LogP contribution in [-0.4, -0.2) is 18.8 Å². The maximum atomic E-state index is 9.67. The quantitative estimate of drug-likeness (QED) is 0.882. The summed E-state index contributed by atoms with van der Waals surface area (Å²) in [6.07, 6.45) is 2.34. The molecule has 1 fully saturated rings. The Hall–Kier alpha value is -0.450. The minimum Gasteiger partial charge on any atom is -0.503 e. The van der Waals surface area contributed by atoms with E-state index in [0.717, 1.165) is 18.5 Å². The lowest BCUT2D eigenvalue weighted by Crippen LogP contribution is -2.12. The molecule has 0 aliphatic carbocycles. The van der Waals surface area contributed by atoms with Crippen molar-refractivity contribution in [2.24, 2.45) is 0 Å². The van der Waals surface area contributed by atoms with E-state index in [1.807, 2.05) is 12.1 Å². The number of ether oxygens (including phenoxy) is 1. The molecule has 0 aromatic heterocycles. The number of aromatic hydroxyl groups is 1. The molecule has 0 bridgehead atoms. The van der Waals surface area contributed by atoms with Crippen molar-refractivity contribution in [1.29, 1.82) is 0 Å². The number of methoxy groups -OCH3 is 1. The first-order valence-electron chi connectivity index (χ1n) is 5.02. The second-order valence-corrected chi connectivity index (χ2v) is 4.56. The first kappa shape index (κ1) is 13.6. The zero-order valence-electron chi connectivity index (χ0n) is 9.00. The molecule has 1 aromatic rings. The monoisotopic (exact) mass is 307 g/mol. The predicted octanol–water partition coefficient (Wildman–Crippen LogP) is 3.01. The topological polar surface area (TPSA) is 41.5 Å². The SMILES string of the molecule is COc1cc([C@@H]2CCCN2)cc(Br)c1O.Cl. The van der Waals surface area contributed by atoms with Gasteiger partial charge in [0.25, 0.3) is 0 Å². The molecule has 1 atom stereocenters. The molecule has 1 heterocycles. The van der Waals surface area contributed by atoms with Crippen LogP contribution in [0.25, 0.3) is 0 Å². The molecular weight excluding hydrogens is 293 g/mol. The van der Waals surface area contributed by atoms with Crippen molar-refractivity contribution in [3.8, 4) is 11.5 Å². The average molecular weight is 309 g/mol. The molecule has 0 radical (unpaired) electrons. The molecule has 2 N–H and O–H groups in total. The van der Waals surface area contributed by atoms with Gasteiger partial charge in [-0.1, -0.05) is 0 Å². The molecular formula is C11H15BrClNO2. The highest BCUT2D eigenvalue weighted by atomic mass is 79.9. The Balaban J connectivity index is 0.00000128. The Labute approximate surface area is 110 Å². The normalized spacial score (nSPS) is 19.2. The van der Waals surface area contributed by atoms with Crippen molar-refractivity contribution < 1.29 is 9.84 Å². The molecule has 5 heteroatoms. The van der Waals surface area contributed by atoms with E-state index in [1.165, 1.54) is 6.42 Å². The summed E-state index contributed by atoms with van der Waals surface area (Å²) in [7, 11) is 1.56. The summed E-state index contributed by atoms with van der Waals surface area (Å²) in [6.45, 7) is 1.06. The standard InChI is InChI=1S/C11H14BrNO2.ClH/c1-15-10-6-7(5-8(12)11(10)14)9-3-2-4-13-9;/h5-6,9,13-14H,2-4H2,1H3;1H/t9-;/m0./s1. The number of halogens is 2. The summed E-state index contributed by atoms with van der Waals surface area (Å²) in [4.78, 5) is 0. The molecule has 1 aliphatic heterocycles. The minimum atomic E-state index is 0. The number of hydrogen-bond donors (Lipinski definition) is 2. The van der Waals surface area contributed by atoms with Crippen LogP contribution >= 0.6 is 28.3 Å². The van der Waals surface area contributed by atoms with Crippen molar-refractivity contribution in [3.05, 3.63) is 22.2 Å². The third-order valence-electron chi connectivity index (χ3n) is 2.73. The van der Waals surface area contributed by atoms with E-state index in [0.29, 0.717) is 16.3 Å². The third-order valence-corrected chi connectivity index (χ3v) is 3.34. The molecule has 90 valence electrons. The molecule has 0 saturated carbocycles. The van der Waals surface area contributed by atoms with Crippen molar-refractivity contribution in [3.63, 3.8) is 0 Å². The van der Waals surface area contributed by atoms with Crippen LogP contribution < -0.4 is 10.1 Å². The molecule has 3 nitrogen and oxygen atoms in total. The summed E-state index contributed by atoms with van der Waals surface area (Å²) in [5.74, 6) is 0.687. The summed E-state index contributed by atoms with van der Waals surface area (Å²) in [5, 5.41) is 13.1. The van der Waals surface area contributed by atoms with Crippen LogP contribution in [0.5, 0.6) is 11.5 Å². The minimum absolute atomic E-state index is 0. The van der Waals surface area contributed by atoms with Gasteiger partial charge in [0, 0.05) is 6.04 Å². The Morgan fingerprint density at radius 1 is 1.50 bits per heavy atom. The number of benzene rings is 1. The van der Waals surface area contributed by atoms with Gasteiger partial charge < -0.3 is 15.2 Å². The van der Waals surface area contributed by atoms with Crippen LogP contribution in [-0.2, 0) is 0 Å². The highest BCUT2D eigenvalue weighted by molar-refractivity contribution is 9.10. The van der Waals surface area contributed by atoms with Gasteiger partial charge in [0.2, 0.25) is 0 Å². The van der Waals surface area contributed by atoms with Crippen LogP contribution in [0.2, 0.25) is 0 Å². The molecule has 0 unspecified atom stereocenters. The van der Waals surface area contributed by atoms with E-state index >= 15 is 0 Å². The summed E-state index contributed by atoms with van der Waals surface area (Å²) in [6, 6.07) is 4.22. The van der Waals surface area contributed by atoms with E-state index in [-0.39, 0.29) is 18.2 Å². The molecule has 1 aromatic carbocycles. The molecule has 1 saturated heterocycles. The Morgan fingerprint density at radius 3 is 2.81 bits per heavy atom. The van der Waals surface area contributed by atoms with E-state index < -0.39 is 0 Å². The number of rotatable bonds is 2. The fraction of sp³-hybridized carbons (Fsp3) is 0.455. The van der Waals surface area contributed by atoms with E-state index in [1.54, 1.807) is 7.11 Å². The Morgan fingerprint density at radius 2 is 2.25 bits per heavy atom. The maximum absolute atomic E-state index is 9.67. The van der Waals surface area contributed by atoms with E-state index in [9.17, 15) is 5.11 Å². The number of phenols is 1. The van der Waals surface area contributed by atoms with Gasteiger partial charge in [0.05, 0.1) is 11.6 Å². The zero-order chi connectivity index (χ0) is 10.8. The number of nitrogens with one attached hydrogen (secondary N) is 1. The Kier molecular flexibility index (Phi) is 4.89. The van der Waals surface area contributed by atoms with E-state index in [4.69, 9.17) is 4.74 Å². The van der Waals surface area contributed by atoms with Gasteiger partial charge in [-0.3, -0.25) is 0 Å². The molecule has 2 rings (SSSR count). The first-order chi connectivity index (χ1) is 7.22. The first-order valence-corrected chi connectivity index (χ1v) is 5.81. The summed E-state index contributed by atoms with van der Waals surface area (Å²) >= 11 is 3.33. The number of hydrogen-bond acceptors (Lipinski definition) is 3. The second-order valence-electron chi connectivity index (χ2n) is 3.70. The fourth-order valence-corrected chi connectivity index (χ4v) is 2.38. The van der Waals surface area contributed by atoms with Crippen molar-refractivity contribution in [2.75, 3.05) is 13.7 Å². The van der Waals surface area contributed by atoms with Gasteiger partial charge in [-0.05, 0) is 53.0 Å². The molecule has 0 spiro atoms. The van der Waals surface area contributed by atoms with Crippen LogP contribution in [0.4, 0.5) is 0 Å². The van der Waals surface area contributed by atoms with Gasteiger partial charge >= 0.3 is 0 Å². The summed E-state index contributed by atoms with van der Waals surface area (Å²) < 4.78 is 5.80. The summed E-state index contributed by atoms with van der Waals surface area (Å²) in [5.41, 5.74) is 1.16. The van der Waals surface area contributed by atoms with Crippen LogP contribution in [0, 0.1) is 0 Å². The van der Waals surface area contributed by atoms with Gasteiger partial charge in [-0.15, -0.1) is 12.4 Å². The molecule has 16 heavy (non-hydrogen) atoms. The average Bonchev–Trinajstić information content (AvgIpc) is 2.75. The second kappa shape index (κ2) is 5.75. The lowest BCUT2D eigenvalue weighted by atomic mass is 10.0. The molecule has 1 aliphatic rings. The van der Waals surface area contributed by atoms with Crippen molar-refractivity contribution >= 4 is 28.3 Å². The lowest BCUT2D eigenvalue weighted by molar-refractivity contribution is 0.370. The highest BCUT2D eigenvalue weighted by Crippen LogP contribution is 2.38. The fourth-order valence-electron chi connectivity index (χ4n) is 1.92. The third kappa shape index (κ3) is 2.62. The maximum Gasteiger partial charge on any atom is 0.172 e. The van der Waals surface area contributed by atoms with Gasteiger partial charge in [0.1, 0.15) is 0 Å². The van der Waals surface area contributed by atoms with E-state index in [2.05, 4.69) is 21.2 Å². The lowest BCUT2D eigenvalue weighted by Gasteiger charge is -2.14. The van der Waals surface area contributed by atoms with Crippen LogP contribution in [0.1, 0.15) is 24.4 Å². The Bertz CT molecular complexity index is 367. The van der Waals surface area contributed by atoms with Crippen molar-refractivity contribution in [1.82, 2.24) is 5.32 Å².